The fourth-order valence-electron chi connectivity index (χ4n) is 1.55. The van der Waals surface area contributed by atoms with Gasteiger partial charge in [0, 0.05) is 11.9 Å². The zero-order valence-electron chi connectivity index (χ0n) is 9.12. The molecular weight excluding hydrogens is 186 g/mol. The maximum absolute atomic E-state index is 4.45. The molecule has 0 saturated carbocycles. The van der Waals surface area contributed by atoms with Crippen LogP contribution >= 0.6 is 0 Å². The number of hydrogen-bond acceptors (Lipinski definition) is 3. The van der Waals surface area contributed by atoms with Crippen LogP contribution in [0.25, 0.3) is 10.9 Å². The Balaban J connectivity index is 2.43. The highest BCUT2D eigenvalue weighted by Gasteiger charge is 2.02. The number of aromatic nitrogens is 2. The molecule has 0 unspecified atom stereocenters. The van der Waals surface area contributed by atoms with Gasteiger partial charge in [0.2, 0.25) is 5.95 Å². The summed E-state index contributed by atoms with van der Waals surface area (Å²) in [6.07, 6.45) is 1.08. The second-order valence-corrected chi connectivity index (χ2v) is 3.58. The molecule has 0 aliphatic rings. The SMILES string of the molecule is CCCNc1nc(C)c2ccccc2n1. The summed E-state index contributed by atoms with van der Waals surface area (Å²) in [6.45, 7) is 5.06. The fraction of sp³-hybridized carbons (Fsp3) is 0.333. The molecule has 1 N–H and O–H groups in total. The predicted octanol–water partition coefficient (Wildman–Crippen LogP) is 2.76. The van der Waals surface area contributed by atoms with E-state index in [1.807, 2.05) is 31.2 Å². The van der Waals surface area contributed by atoms with Crippen molar-refractivity contribution in [3.05, 3.63) is 30.0 Å². The molecule has 2 aromatic rings. The van der Waals surface area contributed by atoms with Crippen molar-refractivity contribution in [1.29, 1.82) is 0 Å². The Labute approximate surface area is 89.6 Å². The molecule has 78 valence electrons. The summed E-state index contributed by atoms with van der Waals surface area (Å²) in [7, 11) is 0. The minimum atomic E-state index is 0.730. The molecule has 0 saturated heterocycles. The van der Waals surface area contributed by atoms with Gasteiger partial charge in [-0.05, 0) is 19.4 Å². The molecule has 1 aromatic carbocycles. The van der Waals surface area contributed by atoms with Gasteiger partial charge in [-0.1, -0.05) is 25.1 Å². The van der Waals surface area contributed by atoms with Crippen molar-refractivity contribution in [1.82, 2.24) is 9.97 Å². The molecule has 0 fully saturated rings. The van der Waals surface area contributed by atoms with Crippen molar-refractivity contribution in [2.24, 2.45) is 0 Å². The lowest BCUT2D eigenvalue weighted by atomic mass is 10.2. The lowest BCUT2D eigenvalue weighted by Crippen LogP contribution is -2.05. The van der Waals surface area contributed by atoms with E-state index in [1.165, 1.54) is 0 Å². The van der Waals surface area contributed by atoms with Gasteiger partial charge in [0.15, 0.2) is 0 Å². The molecule has 0 spiro atoms. The van der Waals surface area contributed by atoms with Gasteiger partial charge in [0.1, 0.15) is 0 Å². The summed E-state index contributed by atoms with van der Waals surface area (Å²) in [6, 6.07) is 8.08. The van der Waals surface area contributed by atoms with E-state index < -0.39 is 0 Å². The molecule has 0 atom stereocenters. The normalized spacial score (nSPS) is 10.5. The maximum atomic E-state index is 4.45. The van der Waals surface area contributed by atoms with Crippen molar-refractivity contribution in [2.45, 2.75) is 20.3 Å². The number of hydrogen-bond donors (Lipinski definition) is 1. The maximum Gasteiger partial charge on any atom is 0.223 e. The van der Waals surface area contributed by atoms with Gasteiger partial charge in [-0.2, -0.15) is 0 Å². The Hall–Kier alpha value is -1.64. The molecule has 15 heavy (non-hydrogen) atoms. The lowest BCUT2D eigenvalue weighted by molar-refractivity contribution is 0.953. The number of benzene rings is 1. The Morgan fingerprint density at radius 1 is 1.20 bits per heavy atom. The van der Waals surface area contributed by atoms with Crippen LogP contribution in [0.5, 0.6) is 0 Å². The van der Waals surface area contributed by atoms with Crippen molar-refractivity contribution in [3.8, 4) is 0 Å². The van der Waals surface area contributed by atoms with Gasteiger partial charge in [0.25, 0.3) is 0 Å². The van der Waals surface area contributed by atoms with E-state index in [0.29, 0.717) is 0 Å². The quantitative estimate of drug-likeness (QED) is 0.829. The molecule has 1 heterocycles. The molecule has 0 aliphatic carbocycles. The zero-order valence-corrected chi connectivity index (χ0v) is 9.12. The van der Waals surface area contributed by atoms with E-state index >= 15 is 0 Å². The smallest absolute Gasteiger partial charge is 0.223 e. The molecule has 3 heteroatoms. The second-order valence-electron chi connectivity index (χ2n) is 3.58. The van der Waals surface area contributed by atoms with Crippen molar-refractivity contribution in [3.63, 3.8) is 0 Å². The van der Waals surface area contributed by atoms with Crippen LogP contribution in [0.4, 0.5) is 5.95 Å². The third-order valence-electron chi connectivity index (χ3n) is 2.33. The third-order valence-corrected chi connectivity index (χ3v) is 2.33. The van der Waals surface area contributed by atoms with Crippen molar-refractivity contribution < 1.29 is 0 Å². The van der Waals surface area contributed by atoms with E-state index in [0.717, 1.165) is 35.5 Å². The second kappa shape index (κ2) is 4.26. The van der Waals surface area contributed by atoms with E-state index in [2.05, 4.69) is 22.2 Å². The first-order chi connectivity index (χ1) is 7.31. The summed E-state index contributed by atoms with van der Waals surface area (Å²) in [5, 5.41) is 4.33. The van der Waals surface area contributed by atoms with Crippen LogP contribution in [0, 0.1) is 6.92 Å². The molecule has 2 rings (SSSR count). The van der Waals surface area contributed by atoms with Crippen LogP contribution in [0.2, 0.25) is 0 Å². The average molecular weight is 201 g/mol. The highest BCUT2D eigenvalue weighted by Crippen LogP contribution is 2.16. The van der Waals surface area contributed by atoms with Crippen LogP contribution in [0.15, 0.2) is 24.3 Å². The number of nitrogens with zero attached hydrogens (tertiary/aromatic N) is 2. The number of para-hydroxylation sites is 1. The van der Waals surface area contributed by atoms with Gasteiger partial charge in [-0.25, -0.2) is 9.97 Å². The number of aryl methyl sites for hydroxylation is 1. The Kier molecular flexibility index (Phi) is 2.81. The van der Waals surface area contributed by atoms with Gasteiger partial charge < -0.3 is 5.32 Å². The van der Waals surface area contributed by atoms with Gasteiger partial charge in [-0.15, -0.1) is 0 Å². The fourth-order valence-corrected chi connectivity index (χ4v) is 1.55. The summed E-state index contributed by atoms with van der Waals surface area (Å²) in [5.41, 5.74) is 2.03. The lowest BCUT2D eigenvalue weighted by Gasteiger charge is -2.06. The highest BCUT2D eigenvalue weighted by atomic mass is 15.1. The standard InChI is InChI=1S/C12H15N3/c1-3-8-13-12-14-9(2)10-6-4-5-7-11(10)15-12/h4-7H,3,8H2,1-2H3,(H,13,14,15). The van der Waals surface area contributed by atoms with E-state index in [-0.39, 0.29) is 0 Å². The van der Waals surface area contributed by atoms with Gasteiger partial charge >= 0.3 is 0 Å². The Morgan fingerprint density at radius 3 is 2.80 bits per heavy atom. The van der Waals surface area contributed by atoms with E-state index in [1.54, 1.807) is 0 Å². The minimum Gasteiger partial charge on any atom is -0.354 e. The molecule has 0 aliphatic heterocycles. The summed E-state index contributed by atoms with van der Waals surface area (Å²) >= 11 is 0. The molecule has 1 aromatic heterocycles. The van der Waals surface area contributed by atoms with Crippen LogP contribution in [0.1, 0.15) is 19.0 Å². The van der Waals surface area contributed by atoms with E-state index in [4.69, 9.17) is 0 Å². The Bertz CT molecular complexity index is 465. The first-order valence-corrected chi connectivity index (χ1v) is 5.28. The molecule has 0 radical (unpaired) electrons. The van der Waals surface area contributed by atoms with Crippen LogP contribution in [-0.2, 0) is 0 Å². The molecule has 0 bridgehead atoms. The van der Waals surface area contributed by atoms with Gasteiger partial charge in [0.05, 0.1) is 11.2 Å². The summed E-state index contributed by atoms with van der Waals surface area (Å²) < 4.78 is 0. The van der Waals surface area contributed by atoms with Crippen LogP contribution < -0.4 is 5.32 Å². The zero-order chi connectivity index (χ0) is 10.7. The highest BCUT2D eigenvalue weighted by molar-refractivity contribution is 5.81. The number of fused-ring (bicyclic) bond motifs is 1. The van der Waals surface area contributed by atoms with Crippen LogP contribution in [0.3, 0.4) is 0 Å². The summed E-state index contributed by atoms with van der Waals surface area (Å²) in [5.74, 6) is 0.730. The van der Waals surface area contributed by atoms with Crippen molar-refractivity contribution >= 4 is 16.9 Å². The first-order valence-electron chi connectivity index (χ1n) is 5.28. The monoisotopic (exact) mass is 201 g/mol. The number of rotatable bonds is 3. The molecule has 0 amide bonds. The van der Waals surface area contributed by atoms with E-state index in [9.17, 15) is 0 Å². The van der Waals surface area contributed by atoms with Crippen molar-refractivity contribution in [2.75, 3.05) is 11.9 Å². The minimum absolute atomic E-state index is 0.730. The Morgan fingerprint density at radius 2 is 2.00 bits per heavy atom. The average Bonchev–Trinajstić information content (AvgIpc) is 2.26. The molecule has 3 nitrogen and oxygen atoms in total. The topological polar surface area (TPSA) is 37.8 Å². The predicted molar refractivity (Wildman–Crippen MR) is 63.1 cm³/mol. The number of nitrogens with one attached hydrogen (secondary N) is 1. The first kappa shape index (κ1) is 9.90. The number of anilines is 1. The largest absolute Gasteiger partial charge is 0.354 e. The molecular formula is C12H15N3. The third kappa shape index (κ3) is 2.06. The van der Waals surface area contributed by atoms with Crippen LogP contribution in [-0.4, -0.2) is 16.5 Å². The van der Waals surface area contributed by atoms with Gasteiger partial charge in [-0.3, -0.25) is 0 Å². The summed E-state index contributed by atoms with van der Waals surface area (Å²) in [4.78, 5) is 8.87.